The van der Waals surface area contributed by atoms with E-state index in [4.69, 9.17) is 4.74 Å². The molecule has 0 radical (unpaired) electrons. The van der Waals surface area contributed by atoms with Gasteiger partial charge in [-0.3, -0.25) is 0 Å². The minimum atomic E-state index is 0.157. The Balaban J connectivity index is 2.18. The number of rotatable bonds is 4. The Kier molecular flexibility index (Phi) is 4.06. The van der Waals surface area contributed by atoms with Crippen LogP contribution < -0.4 is 0 Å². The molecular formula is C18H20O. The third kappa shape index (κ3) is 3.47. The van der Waals surface area contributed by atoms with Crippen LogP contribution in [0.1, 0.15) is 25.0 Å². The summed E-state index contributed by atoms with van der Waals surface area (Å²) in [5.41, 5.74) is 4.75. The van der Waals surface area contributed by atoms with Gasteiger partial charge in [-0.15, -0.1) is 0 Å². The van der Waals surface area contributed by atoms with Crippen molar-refractivity contribution in [2.75, 3.05) is 0 Å². The van der Waals surface area contributed by atoms with Crippen LogP contribution in [0, 0.1) is 6.92 Å². The molecule has 1 heteroatoms. The van der Waals surface area contributed by atoms with E-state index < -0.39 is 0 Å². The van der Waals surface area contributed by atoms with Gasteiger partial charge in [-0.25, -0.2) is 0 Å². The van der Waals surface area contributed by atoms with Crippen LogP contribution in [0.2, 0.25) is 0 Å². The Morgan fingerprint density at radius 3 is 1.84 bits per heavy atom. The van der Waals surface area contributed by atoms with E-state index in [1.165, 1.54) is 16.7 Å². The van der Waals surface area contributed by atoms with Gasteiger partial charge in [-0.05, 0) is 31.9 Å². The first-order chi connectivity index (χ1) is 9.06. The van der Waals surface area contributed by atoms with Gasteiger partial charge in [-0.2, -0.15) is 0 Å². The predicted octanol–water partition coefficient (Wildman–Crippen LogP) is 5.06. The predicted molar refractivity (Wildman–Crippen MR) is 81.9 cm³/mol. The van der Waals surface area contributed by atoms with Crippen LogP contribution in [0.4, 0.5) is 0 Å². The molecule has 2 rings (SSSR count). The van der Waals surface area contributed by atoms with Crippen molar-refractivity contribution in [2.24, 2.45) is 0 Å². The van der Waals surface area contributed by atoms with E-state index in [1.807, 2.05) is 13.8 Å². The van der Waals surface area contributed by atoms with Crippen molar-refractivity contribution in [3.8, 4) is 11.1 Å². The van der Waals surface area contributed by atoms with E-state index in [0.717, 1.165) is 11.3 Å². The monoisotopic (exact) mass is 252 g/mol. The fourth-order valence-electron chi connectivity index (χ4n) is 1.95. The summed E-state index contributed by atoms with van der Waals surface area (Å²) in [5, 5.41) is 0. The van der Waals surface area contributed by atoms with Gasteiger partial charge in [0, 0.05) is 5.56 Å². The Morgan fingerprint density at radius 2 is 1.37 bits per heavy atom. The second kappa shape index (κ2) is 5.75. The van der Waals surface area contributed by atoms with Gasteiger partial charge in [0.25, 0.3) is 0 Å². The maximum atomic E-state index is 5.60. The molecule has 19 heavy (non-hydrogen) atoms. The van der Waals surface area contributed by atoms with Gasteiger partial charge >= 0.3 is 0 Å². The fourth-order valence-corrected chi connectivity index (χ4v) is 1.95. The lowest BCUT2D eigenvalue weighted by molar-refractivity contribution is 0.205. The summed E-state index contributed by atoms with van der Waals surface area (Å²) in [5.74, 6) is 0.727. The molecule has 0 heterocycles. The number of ether oxygens (including phenoxy) is 1. The minimum Gasteiger partial charge on any atom is -0.491 e. The molecule has 0 unspecified atom stereocenters. The third-order valence-corrected chi connectivity index (χ3v) is 2.97. The van der Waals surface area contributed by atoms with E-state index in [-0.39, 0.29) is 6.10 Å². The molecule has 0 bridgehead atoms. The molecule has 0 atom stereocenters. The largest absolute Gasteiger partial charge is 0.491 e. The molecule has 2 aromatic carbocycles. The van der Waals surface area contributed by atoms with Gasteiger partial charge in [0.15, 0.2) is 0 Å². The van der Waals surface area contributed by atoms with Crippen molar-refractivity contribution < 1.29 is 4.74 Å². The Labute approximate surface area is 115 Å². The molecule has 2 aromatic rings. The smallest absolute Gasteiger partial charge is 0.119 e. The summed E-state index contributed by atoms with van der Waals surface area (Å²) < 4.78 is 5.60. The first kappa shape index (κ1) is 13.4. The van der Waals surface area contributed by atoms with Crippen LogP contribution in [-0.4, -0.2) is 6.10 Å². The lowest BCUT2D eigenvalue weighted by Gasteiger charge is -2.13. The normalized spacial score (nSPS) is 10.5. The molecule has 0 amide bonds. The van der Waals surface area contributed by atoms with E-state index >= 15 is 0 Å². The summed E-state index contributed by atoms with van der Waals surface area (Å²) in [6.45, 7) is 10.1. The van der Waals surface area contributed by atoms with Crippen LogP contribution in [0.15, 0.2) is 55.1 Å². The number of benzene rings is 2. The van der Waals surface area contributed by atoms with Gasteiger partial charge in [0.2, 0.25) is 0 Å². The highest BCUT2D eigenvalue weighted by Crippen LogP contribution is 2.23. The van der Waals surface area contributed by atoms with Crippen LogP contribution in [0.25, 0.3) is 16.9 Å². The first-order valence-electron chi connectivity index (χ1n) is 6.59. The molecular weight excluding hydrogens is 232 g/mol. The van der Waals surface area contributed by atoms with Gasteiger partial charge in [0.05, 0.1) is 6.10 Å². The highest BCUT2D eigenvalue weighted by Gasteiger charge is 2.03. The van der Waals surface area contributed by atoms with Crippen LogP contribution >= 0.6 is 0 Å². The minimum absolute atomic E-state index is 0.157. The van der Waals surface area contributed by atoms with Gasteiger partial charge < -0.3 is 4.74 Å². The molecule has 1 nitrogen and oxygen atoms in total. The molecule has 0 spiro atoms. The Bertz CT molecular complexity index is 547. The maximum Gasteiger partial charge on any atom is 0.119 e. The van der Waals surface area contributed by atoms with Gasteiger partial charge in [-0.1, -0.05) is 60.7 Å². The van der Waals surface area contributed by atoms with Crippen LogP contribution in [-0.2, 0) is 4.74 Å². The maximum absolute atomic E-state index is 5.60. The van der Waals surface area contributed by atoms with Crippen molar-refractivity contribution in [1.29, 1.82) is 0 Å². The highest BCUT2D eigenvalue weighted by molar-refractivity contribution is 5.67. The fraction of sp³-hybridized carbons (Fsp3) is 0.222. The lowest BCUT2D eigenvalue weighted by Crippen LogP contribution is -2.00. The molecule has 0 aliphatic carbocycles. The molecule has 0 fully saturated rings. The van der Waals surface area contributed by atoms with E-state index in [2.05, 4.69) is 62.0 Å². The van der Waals surface area contributed by atoms with Gasteiger partial charge in [0.1, 0.15) is 5.76 Å². The summed E-state index contributed by atoms with van der Waals surface area (Å²) in [6.07, 6.45) is 0.157. The zero-order valence-electron chi connectivity index (χ0n) is 11.8. The zero-order valence-corrected chi connectivity index (χ0v) is 11.8. The average molecular weight is 252 g/mol. The lowest BCUT2D eigenvalue weighted by atomic mass is 10.0. The summed E-state index contributed by atoms with van der Waals surface area (Å²) >= 11 is 0. The second-order valence-electron chi connectivity index (χ2n) is 5.03. The number of hydrogen-bond donors (Lipinski definition) is 0. The summed E-state index contributed by atoms with van der Waals surface area (Å²) in [6, 6.07) is 16.9. The molecule has 0 aliphatic rings. The molecule has 0 aliphatic heterocycles. The van der Waals surface area contributed by atoms with Crippen molar-refractivity contribution >= 4 is 5.76 Å². The highest BCUT2D eigenvalue weighted by atomic mass is 16.5. The van der Waals surface area contributed by atoms with Crippen LogP contribution in [0.3, 0.4) is 0 Å². The first-order valence-corrected chi connectivity index (χ1v) is 6.59. The molecule has 0 N–H and O–H groups in total. The topological polar surface area (TPSA) is 9.23 Å². The van der Waals surface area contributed by atoms with E-state index in [9.17, 15) is 0 Å². The third-order valence-electron chi connectivity index (χ3n) is 2.97. The van der Waals surface area contributed by atoms with E-state index in [0.29, 0.717) is 0 Å². The Hall–Kier alpha value is -2.02. The van der Waals surface area contributed by atoms with Crippen molar-refractivity contribution in [3.63, 3.8) is 0 Å². The van der Waals surface area contributed by atoms with Crippen molar-refractivity contribution in [3.05, 3.63) is 66.2 Å². The molecule has 98 valence electrons. The number of hydrogen-bond acceptors (Lipinski definition) is 1. The summed E-state index contributed by atoms with van der Waals surface area (Å²) in [7, 11) is 0. The van der Waals surface area contributed by atoms with Crippen LogP contribution in [0.5, 0.6) is 0 Å². The molecule has 0 saturated carbocycles. The zero-order chi connectivity index (χ0) is 13.8. The second-order valence-corrected chi connectivity index (χ2v) is 5.03. The van der Waals surface area contributed by atoms with Crippen molar-refractivity contribution in [2.45, 2.75) is 26.9 Å². The quantitative estimate of drug-likeness (QED) is 0.691. The Morgan fingerprint density at radius 1 is 0.895 bits per heavy atom. The van der Waals surface area contributed by atoms with E-state index in [1.54, 1.807) is 0 Å². The van der Waals surface area contributed by atoms with Crippen molar-refractivity contribution in [1.82, 2.24) is 0 Å². The SMILES string of the molecule is C=C(OC(C)C)c1ccc(-c2ccc(C)cc2)cc1. The molecule has 0 aromatic heterocycles. The average Bonchev–Trinajstić information content (AvgIpc) is 2.39. The molecule has 0 saturated heterocycles. The summed E-state index contributed by atoms with van der Waals surface area (Å²) in [4.78, 5) is 0. The standard InChI is InChI=1S/C18H20O/c1-13(2)19-15(4)16-9-11-18(12-10-16)17-7-5-14(3)6-8-17/h5-13H,4H2,1-3H3. The number of aryl methyl sites for hydroxylation is 1.